The average molecular weight is 759 g/mol. The molecule has 0 N–H and O–H groups in total. The Morgan fingerprint density at radius 1 is 0.685 bits per heavy atom. The molecule has 5 aromatic rings. The minimum absolute atomic E-state index is 0.588. The summed E-state index contributed by atoms with van der Waals surface area (Å²) in [7, 11) is 3.41. The van der Waals surface area contributed by atoms with Crippen LogP contribution in [-0.4, -0.2) is 60.4 Å². The Morgan fingerprint density at radius 3 is 2.09 bits per heavy atom. The van der Waals surface area contributed by atoms with Gasteiger partial charge in [-0.3, -0.25) is 0 Å². The van der Waals surface area contributed by atoms with Gasteiger partial charge in [0.25, 0.3) is 5.01 Å². The smallest absolute Gasteiger partial charge is 0.262 e. The second-order valence-electron chi connectivity index (χ2n) is 12.9. The molecule has 0 bridgehead atoms. The molecule has 2 aliphatic rings. The Labute approximate surface area is 327 Å². The van der Waals surface area contributed by atoms with E-state index in [1.165, 1.54) is 47.7 Å². The highest BCUT2D eigenvalue weighted by molar-refractivity contribution is 8.03. The summed E-state index contributed by atoms with van der Waals surface area (Å²) in [6.07, 6.45) is 11.2. The van der Waals surface area contributed by atoms with E-state index in [9.17, 15) is 0 Å². The van der Waals surface area contributed by atoms with Crippen LogP contribution in [0.25, 0.3) is 16.3 Å². The molecule has 54 heavy (non-hydrogen) atoms. The number of aromatic nitrogens is 1. The molecular formula is C45H48N3O4S2+. The van der Waals surface area contributed by atoms with E-state index in [0.29, 0.717) is 39.6 Å². The van der Waals surface area contributed by atoms with Crippen molar-refractivity contribution in [1.82, 2.24) is 0 Å². The molecule has 2 heterocycles. The van der Waals surface area contributed by atoms with Gasteiger partial charge in [0.2, 0.25) is 5.52 Å². The van der Waals surface area contributed by atoms with Gasteiger partial charge >= 0.3 is 0 Å². The van der Waals surface area contributed by atoms with Gasteiger partial charge in [0, 0.05) is 49.2 Å². The number of para-hydroxylation sites is 4. The number of hydrogen-bond donors (Lipinski definition) is 0. The highest BCUT2D eigenvalue weighted by Gasteiger charge is 2.28. The Bertz CT molecular complexity index is 2070. The minimum Gasteiger partial charge on any atom is -0.382 e. The van der Waals surface area contributed by atoms with Crippen LogP contribution in [0.4, 0.5) is 17.1 Å². The summed E-state index contributed by atoms with van der Waals surface area (Å²) in [5, 5.41) is 2.40. The number of rotatable bonds is 18. The van der Waals surface area contributed by atoms with Crippen molar-refractivity contribution >= 4 is 56.5 Å². The number of nitrogens with zero attached hydrogens (tertiary/aromatic N) is 3. The van der Waals surface area contributed by atoms with E-state index in [-0.39, 0.29) is 0 Å². The standard InChI is InChI=1S/C45H48N3O4S2/c1-49-31-33-51-29-27-46-39-17-9-11-19-41(39)53-43(46)25-23-35-21-22-36(45(35)48(37-13-5-3-6-14-37)38-15-7-4-8-16-38)24-26-44-47(28-30-52-34-32-50-2)40-18-10-12-20-42(40)54-44/h3-20,23-26H,21-22,27-34H2,1-2H3/q+1. The first-order valence-electron chi connectivity index (χ1n) is 18.6. The largest absolute Gasteiger partial charge is 0.382 e. The molecule has 1 aliphatic carbocycles. The fourth-order valence-electron chi connectivity index (χ4n) is 6.84. The number of benzene rings is 4. The van der Waals surface area contributed by atoms with Gasteiger partial charge in [-0.2, -0.15) is 4.57 Å². The van der Waals surface area contributed by atoms with E-state index in [2.05, 4.69) is 148 Å². The lowest BCUT2D eigenvalue weighted by molar-refractivity contribution is -0.670. The molecular weight excluding hydrogens is 711 g/mol. The van der Waals surface area contributed by atoms with E-state index in [0.717, 1.165) is 37.3 Å². The molecule has 7 nitrogen and oxygen atoms in total. The highest BCUT2D eigenvalue weighted by atomic mass is 32.2. The highest BCUT2D eigenvalue weighted by Crippen LogP contribution is 2.47. The number of allylic oxidation sites excluding steroid dienone is 5. The Kier molecular flexibility index (Phi) is 13.5. The summed E-state index contributed by atoms with van der Waals surface area (Å²) in [6, 6.07) is 38.7. The molecule has 0 unspecified atom stereocenters. The number of methoxy groups -OCH3 is 2. The average Bonchev–Trinajstić information content (AvgIpc) is 3.90. The van der Waals surface area contributed by atoms with Gasteiger partial charge in [-0.05, 0) is 78.6 Å². The molecule has 0 radical (unpaired) electrons. The van der Waals surface area contributed by atoms with Gasteiger partial charge in [0.05, 0.1) is 49.4 Å². The number of thioether (sulfide) groups is 1. The molecule has 0 saturated carbocycles. The molecule has 0 saturated heterocycles. The van der Waals surface area contributed by atoms with E-state index in [4.69, 9.17) is 18.9 Å². The number of ether oxygens (including phenoxy) is 4. The number of fused-ring (bicyclic) bond motifs is 2. The molecule has 0 atom stereocenters. The number of thiazole rings is 1. The second-order valence-corrected chi connectivity index (χ2v) is 15.0. The van der Waals surface area contributed by atoms with Crippen molar-refractivity contribution < 1.29 is 23.5 Å². The van der Waals surface area contributed by atoms with Crippen molar-refractivity contribution in [2.24, 2.45) is 0 Å². The van der Waals surface area contributed by atoms with Crippen LogP contribution < -0.4 is 14.4 Å². The third-order valence-electron chi connectivity index (χ3n) is 9.43. The first-order chi connectivity index (χ1) is 26.7. The van der Waals surface area contributed by atoms with Crippen LogP contribution in [0, 0.1) is 0 Å². The van der Waals surface area contributed by atoms with Crippen LogP contribution >= 0.6 is 23.1 Å². The normalized spacial score (nSPS) is 15.8. The third-order valence-corrected chi connectivity index (χ3v) is 11.7. The van der Waals surface area contributed by atoms with E-state index >= 15 is 0 Å². The fraction of sp³-hybridized carbons (Fsp3) is 0.267. The minimum atomic E-state index is 0.588. The van der Waals surface area contributed by atoms with Gasteiger partial charge in [-0.15, -0.1) is 0 Å². The maximum atomic E-state index is 5.91. The topological polar surface area (TPSA) is 47.3 Å². The van der Waals surface area contributed by atoms with Crippen molar-refractivity contribution in [2.75, 3.05) is 70.2 Å². The summed E-state index contributed by atoms with van der Waals surface area (Å²) in [5.41, 5.74) is 8.55. The van der Waals surface area contributed by atoms with Gasteiger partial charge in [0.15, 0.2) is 6.54 Å². The number of hydrogen-bond acceptors (Lipinski definition) is 8. The predicted molar refractivity (Wildman–Crippen MR) is 224 cm³/mol. The zero-order valence-electron chi connectivity index (χ0n) is 31.1. The van der Waals surface area contributed by atoms with Crippen LogP contribution in [0.15, 0.2) is 154 Å². The molecule has 1 aliphatic heterocycles. The lowest BCUT2D eigenvalue weighted by atomic mass is 10.1. The summed E-state index contributed by atoms with van der Waals surface area (Å²) in [4.78, 5) is 6.08. The summed E-state index contributed by atoms with van der Waals surface area (Å²) >= 11 is 3.64. The van der Waals surface area contributed by atoms with E-state index in [1.807, 2.05) is 23.1 Å². The monoisotopic (exact) mass is 758 g/mol. The van der Waals surface area contributed by atoms with E-state index in [1.54, 1.807) is 14.2 Å². The third kappa shape index (κ3) is 9.06. The van der Waals surface area contributed by atoms with Gasteiger partial charge in [-0.25, -0.2) is 0 Å². The van der Waals surface area contributed by atoms with E-state index < -0.39 is 0 Å². The Balaban J connectivity index is 1.28. The lowest BCUT2D eigenvalue weighted by Crippen LogP contribution is -2.37. The first kappa shape index (κ1) is 37.8. The van der Waals surface area contributed by atoms with Crippen molar-refractivity contribution in [3.8, 4) is 0 Å². The lowest BCUT2D eigenvalue weighted by Gasteiger charge is -2.28. The quantitative estimate of drug-likeness (QED) is 0.0652. The van der Waals surface area contributed by atoms with Crippen LogP contribution in [0.1, 0.15) is 17.8 Å². The first-order valence-corrected chi connectivity index (χ1v) is 20.2. The van der Waals surface area contributed by atoms with Crippen LogP contribution in [0.5, 0.6) is 0 Å². The molecule has 0 spiro atoms. The predicted octanol–water partition coefficient (Wildman–Crippen LogP) is 9.79. The second kappa shape index (κ2) is 19.2. The summed E-state index contributed by atoms with van der Waals surface area (Å²) in [6.45, 7) is 5.15. The molecule has 4 aromatic carbocycles. The van der Waals surface area contributed by atoms with Crippen LogP contribution in [0.3, 0.4) is 0 Å². The maximum Gasteiger partial charge on any atom is 0.262 e. The molecule has 0 amide bonds. The SMILES string of the molecule is COCCOCCN1C(=CC=C2CCC(C=Cc3sc4ccccc4[n+]3CCOCCOC)=C2N(c2ccccc2)c2ccccc2)Sc2ccccc21. The van der Waals surface area contributed by atoms with Gasteiger partial charge < -0.3 is 28.7 Å². The Hall–Kier alpha value is -4.48. The van der Waals surface area contributed by atoms with Crippen molar-refractivity contribution in [1.29, 1.82) is 0 Å². The zero-order valence-corrected chi connectivity index (χ0v) is 32.7. The van der Waals surface area contributed by atoms with Crippen LogP contribution in [-0.2, 0) is 25.5 Å². The zero-order chi connectivity index (χ0) is 37.0. The molecule has 7 rings (SSSR count). The van der Waals surface area contributed by atoms with Gasteiger partial charge in [0.1, 0.15) is 11.3 Å². The van der Waals surface area contributed by atoms with Crippen molar-refractivity contribution in [3.05, 3.63) is 154 Å². The Morgan fingerprint density at radius 2 is 1.35 bits per heavy atom. The summed E-state index contributed by atoms with van der Waals surface area (Å²) < 4.78 is 25.9. The fourth-order valence-corrected chi connectivity index (χ4v) is 9.03. The van der Waals surface area contributed by atoms with Crippen LogP contribution in [0.2, 0.25) is 0 Å². The number of anilines is 3. The van der Waals surface area contributed by atoms with Gasteiger partial charge in [-0.1, -0.05) is 89.8 Å². The molecule has 0 fully saturated rings. The molecule has 278 valence electrons. The van der Waals surface area contributed by atoms with Crippen molar-refractivity contribution in [3.63, 3.8) is 0 Å². The summed E-state index contributed by atoms with van der Waals surface area (Å²) in [5.74, 6) is 0. The maximum absolute atomic E-state index is 5.91. The van der Waals surface area contributed by atoms with Crippen molar-refractivity contribution in [2.45, 2.75) is 24.3 Å². The molecule has 1 aromatic heterocycles. The molecule has 9 heteroatoms.